The highest BCUT2D eigenvalue weighted by Gasteiger charge is 2.66. The van der Waals surface area contributed by atoms with E-state index >= 15 is 0 Å². The number of carbonyl (C=O) groups excluding carboxylic acids is 3. The maximum absolute atomic E-state index is 13.1. The summed E-state index contributed by atoms with van der Waals surface area (Å²) in [5, 5.41) is 0. The van der Waals surface area contributed by atoms with Gasteiger partial charge in [0.1, 0.15) is 5.75 Å². The molecular formula is C22H25Br2NO4. The molecule has 0 N–H and O–H groups in total. The van der Waals surface area contributed by atoms with Crippen LogP contribution < -0.4 is 9.64 Å². The minimum atomic E-state index is -0.250. The monoisotopic (exact) mass is 525 g/mol. The van der Waals surface area contributed by atoms with E-state index in [0.29, 0.717) is 17.9 Å². The molecule has 0 spiro atoms. The van der Waals surface area contributed by atoms with Crippen LogP contribution in [0.2, 0.25) is 0 Å². The van der Waals surface area contributed by atoms with Crippen LogP contribution in [0, 0.1) is 23.7 Å². The number of benzene rings is 1. The maximum Gasteiger partial charge on any atom is 0.311 e. The number of amides is 2. The number of esters is 1. The van der Waals surface area contributed by atoms with Crippen LogP contribution in [0.15, 0.2) is 24.3 Å². The molecule has 1 aromatic rings. The summed E-state index contributed by atoms with van der Waals surface area (Å²) in [6.07, 6.45) is 5.42. The summed E-state index contributed by atoms with van der Waals surface area (Å²) in [5.41, 5.74) is 0.550. The summed E-state index contributed by atoms with van der Waals surface area (Å²) in [4.78, 5) is 39.8. The number of halogens is 2. The van der Waals surface area contributed by atoms with E-state index in [2.05, 4.69) is 38.8 Å². The number of unbranched alkanes of at least 4 members (excludes halogenated alkanes) is 3. The lowest BCUT2D eigenvalue weighted by atomic mass is 9.81. The molecule has 4 rings (SSSR count). The quantitative estimate of drug-likeness (QED) is 0.167. The van der Waals surface area contributed by atoms with Gasteiger partial charge in [-0.25, -0.2) is 0 Å². The topological polar surface area (TPSA) is 63.7 Å². The first-order chi connectivity index (χ1) is 13.9. The van der Waals surface area contributed by atoms with Gasteiger partial charge in [0.15, 0.2) is 0 Å². The Hall–Kier alpha value is -1.21. The van der Waals surface area contributed by atoms with Crippen LogP contribution in [0.25, 0.3) is 0 Å². The Morgan fingerprint density at radius 3 is 2.14 bits per heavy atom. The summed E-state index contributed by atoms with van der Waals surface area (Å²) in [6, 6.07) is 6.69. The predicted octanol–water partition coefficient (Wildman–Crippen LogP) is 4.84. The lowest BCUT2D eigenvalue weighted by Gasteiger charge is -2.28. The molecule has 1 aliphatic heterocycles. The van der Waals surface area contributed by atoms with Gasteiger partial charge in [-0.1, -0.05) is 58.0 Å². The number of carbonyl (C=O) groups is 3. The van der Waals surface area contributed by atoms with Crippen molar-refractivity contribution in [3.05, 3.63) is 24.3 Å². The van der Waals surface area contributed by atoms with Crippen LogP contribution in [0.3, 0.4) is 0 Å². The number of imide groups is 1. The van der Waals surface area contributed by atoms with Gasteiger partial charge in [0.05, 0.1) is 17.5 Å². The lowest BCUT2D eigenvalue weighted by molar-refractivity contribution is -0.134. The van der Waals surface area contributed by atoms with Crippen LogP contribution in [-0.4, -0.2) is 27.4 Å². The highest BCUT2D eigenvalue weighted by atomic mass is 79.9. The van der Waals surface area contributed by atoms with Gasteiger partial charge in [0, 0.05) is 16.1 Å². The second-order valence-electron chi connectivity index (χ2n) is 8.29. The third-order valence-corrected chi connectivity index (χ3v) is 9.75. The van der Waals surface area contributed by atoms with Crippen molar-refractivity contribution in [1.29, 1.82) is 0 Å². The van der Waals surface area contributed by atoms with Crippen molar-refractivity contribution in [3.63, 3.8) is 0 Å². The van der Waals surface area contributed by atoms with Crippen LogP contribution in [-0.2, 0) is 14.4 Å². The van der Waals surface area contributed by atoms with Crippen molar-refractivity contribution in [2.75, 3.05) is 4.90 Å². The zero-order chi connectivity index (χ0) is 20.7. The fourth-order valence-electron chi connectivity index (χ4n) is 5.15. The second kappa shape index (κ2) is 8.50. The lowest BCUT2D eigenvalue weighted by Crippen LogP contribution is -2.37. The molecule has 1 heterocycles. The second-order valence-corrected chi connectivity index (χ2v) is 10.4. The molecule has 2 amide bonds. The van der Waals surface area contributed by atoms with Gasteiger partial charge < -0.3 is 4.74 Å². The van der Waals surface area contributed by atoms with E-state index in [1.54, 1.807) is 24.3 Å². The Balaban J connectivity index is 1.42. The fourth-order valence-corrected chi connectivity index (χ4v) is 7.02. The number of hydrogen-bond donors (Lipinski definition) is 0. The first kappa shape index (κ1) is 21.0. The summed E-state index contributed by atoms with van der Waals surface area (Å²) < 4.78 is 5.37. The number of nitrogens with zero attached hydrogens (tertiary/aromatic N) is 1. The van der Waals surface area contributed by atoms with Gasteiger partial charge in [-0.2, -0.15) is 0 Å². The molecule has 1 aromatic carbocycles. The van der Waals surface area contributed by atoms with Gasteiger partial charge in [-0.05, 0) is 48.9 Å². The van der Waals surface area contributed by atoms with Crippen LogP contribution in [0.5, 0.6) is 5.75 Å². The Morgan fingerprint density at radius 1 is 1.00 bits per heavy atom. The fraction of sp³-hybridized carbons (Fsp3) is 0.591. The zero-order valence-corrected chi connectivity index (χ0v) is 19.5. The molecule has 3 fully saturated rings. The Labute approximate surface area is 187 Å². The van der Waals surface area contributed by atoms with Crippen LogP contribution >= 0.6 is 31.9 Å². The smallest absolute Gasteiger partial charge is 0.311 e. The number of rotatable bonds is 7. The van der Waals surface area contributed by atoms with Crippen LogP contribution in [0.1, 0.15) is 45.4 Å². The van der Waals surface area contributed by atoms with Crippen molar-refractivity contribution in [1.82, 2.24) is 0 Å². The molecule has 0 unspecified atom stereocenters. The number of alkyl halides is 2. The first-order valence-corrected chi connectivity index (χ1v) is 12.2. The third kappa shape index (κ3) is 3.69. The Kier molecular flexibility index (Phi) is 6.17. The van der Waals surface area contributed by atoms with Crippen LogP contribution in [0.4, 0.5) is 5.69 Å². The summed E-state index contributed by atoms with van der Waals surface area (Å²) in [5.74, 6) is -0.0752. The van der Waals surface area contributed by atoms with Gasteiger partial charge in [-0.3, -0.25) is 19.3 Å². The Bertz CT molecular complexity index is 780. The zero-order valence-electron chi connectivity index (χ0n) is 16.4. The van der Waals surface area contributed by atoms with E-state index in [4.69, 9.17) is 4.74 Å². The molecule has 29 heavy (non-hydrogen) atoms. The molecule has 2 aliphatic carbocycles. The normalized spacial score (nSPS) is 32.7. The first-order valence-electron chi connectivity index (χ1n) is 10.4. The van der Waals surface area contributed by atoms with Crippen molar-refractivity contribution in [3.8, 4) is 5.75 Å². The number of fused-ring (bicyclic) bond motifs is 5. The Morgan fingerprint density at radius 2 is 1.59 bits per heavy atom. The molecule has 5 nitrogen and oxygen atoms in total. The molecule has 7 heteroatoms. The van der Waals surface area contributed by atoms with E-state index in [9.17, 15) is 14.4 Å². The SMILES string of the molecule is CCCCCCC(=O)Oc1ccc(N2C(=O)[C@@H]3[C@H]4C[C@@H]([C@@H](Br)[C@@H]4Br)[C@@H]3C2=O)cc1. The molecule has 2 bridgehead atoms. The molecule has 3 aliphatic rings. The summed E-state index contributed by atoms with van der Waals surface area (Å²) >= 11 is 7.40. The van der Waals surface area contributed by atoms with Crippen molar-refractivity contribution in [2.45, 2.75) is 55.1 Å². The number of hydrogen-bond acceptors (Lipinski definition) is 4. The van der Waals surface area contributed by atoms with E-state index in [0.717, 1.165) is 32.1 Å². The predicted molar refractivity (Wildman–Crippen MR) is 117 cm³/mol. The molecule has 156 valence electrons. The molecule has 2 saturated carbocycles. The molecule has 1 saturated heterocycles. The van der Waals surface area contributed by atoms with Gasteiger partial charge in [0.2, 0.25) is 11.8 Å². The summed E-state index contributed by atoms with van der Waals surface area (Å²) in [7, 11) is 0. The highest BCUT2D eigenvalue weighted by molar-refractivity contribution is 9.12. The average Bonchev–Trinajstić information content (AvgIpc) is 3.31. The van der Waals surface area contributed by atoms with E-state index in [-0.39, 0.29) is 51.1 Å². The largest absolute Gasteiger partial charge is 0.427 e. The maximum atomic E-state index is 13.1. The minimum Gasteiger partial charge on any atom is -0.427 e. The van der Waals surface area contributed by atoms with Crippen molar-refractivity contribution in [2.24, 2.45) is 23.7 Å². The molecule has 0 radical (unpaired) electrons. The standard InChI is InChI=1S/C22H25Br2NO4/c1-2-3-4-5-6-16(26)29-13-9-7-12(8-10-13)25-21(27)17-14-11-15(18(17)22(25)28)20(24)19(14)23/h7-10,14-15,17-20H,2-6,11H2,1H3/t14-,15-,17-,18+,19-,20-/m1/s1. The third-order valence-electron chi connectivity index (χ3n) is 6.55. The van der Waals surface area contributed by atoms with Gasteiger partial charge in [-0.15, -0.1) is 0 Å². The molecular weight excluding hydrogens is 502 g/mol. The number of ether oxygens (including phenoxy) is 1. The molecule has 0 aromatic heterocycles. The van der Waals surface area contributed by atoms with E-state index in [1.165, 1.54) is 4.90 Å². The number of anilines is 1. The summed E-state index contributed by atoms with van der Waals surface area (Å²) in [6.45, 7) is 2.13. The van der Waals surface area contributed by atoms with Gasteiger partial charge >= 0.3 is 5.97 Å². The van der Waals surface area contributed by atoms with Crippen molar-refractivity contribution < 1.29 is 19.1 Å². The van der Waals surface area contributed by atoms with Gasteiger partial charge in [0.25, 0.3) is 0 Å². The van der Waals surface area contributed by atoms with E-state index < -0.39 is 0 Å². The van der Waals surface area contributed by atoms with Crippen molar-refractivity contribution >= 4 is 55.3 Å². The highest BCUT2D eigenvalue weighted by Crippen LogP contribution is 2.60. The van der Waals surface area contributed by atoms with E-state index in [1.807, 2.05) is 0 Å². The minimum absolute atomic E-state index is 0.1000. The molecule has 6 atom stereocenters. The average molecular weight is 527 g/mol.